The molecule has 1 aromatic carbocycles. The summed E-state index contributed by atoms with van der Waals surface area (Å²) in [6, 6.07) is 5.87. The van der Waals surface area contributed by atoms with Gasteiger partial charge in [-0.25, -0.2) is 0 Å². The Kier molecular flexibility index (Phi) is 5.86. The zero-order valence-corrected chi connectivity index (χ0v) is 13.7. The van der Waals surface area contributed by atoms with E-state index in [0.29, 0.717) is 12.3 Å². The monoisotopic (exact) mass is 305 g/mol. The standard InChI is InChI=1S/C18H24ClNO/c1-14(2)7-3-4-9-18(21)20-12-6-5-8-15-13-16(19)10-11-17(15)20/h3,7,10-11,13-14H,4-6,8-9,12H2,1-2H3/b7-3+. The average Bonchev–Trinajstić information content (AvgIpc) is 2.65. The predicted octanol–water partition coefficient (Wildman–Crippen LogP) is 5.00. The molecule has 0 bridgehead atoms. The van der Waals surface area contributed by atoms with Gasteiger partial charge in [-0.15, -0.1) is 0 Å². The first-order valence-electron chi connectivity index (χ1n) is 7.83. The molecule has 1 aliphatic rings. The van der Waals surface area contributed by atoms with Crippen LogP contribution in [-0.2, 0) is 11.2 Å². The van der Waals surface area contributed by atoms with E-state index in [1.165, 1.54) is 5.56 Å². The fourth-order valence-corrected chi connectivity index (χ4v) is 2.89. The van der Waals surface area contributed by atoms with E-state index in [9.17, 15) is 4.79 Å². The average molecular weight is 306 g/mol. The number of anilines is 1. The van der Waals surface area contributed by atoms with Crippen LogP contribution in [0, 0.1) is 5.92 Å². The second-order valence-corrected chi connectivity index (χ2v) is 6.42. The number of allylic oxidation sites excluding steroid dienone is 2. The van der Waals surface area contributed by atoms with Crippen LogP contribution in [0.15, 0.2) is 30.4 Å². The van der Waals surface area contributed by atoms with Crippen molar-refractivity contribution in [3.8, 4) is 0 Å². The Morgan fingerprint density at radius 2 is 2.19 bits per heavy atom. The lowest BCUT2D eigenvalue weighted by molar-refractivity contribution is -0.118. The maximum absolute atomic E-state index is 12.5. The number of amides is 1. The highest BCUT2D eigenvalue weighted by atomic mass is 35.5. The summed E-state index contributed by atoms with van der Waals surface area (Å²) in [6.45, 7) is 5.11. The van der Waals surface area contributed by atoms with Crippen LogP contribution in [0.2, 0.25) is 5.02 Å². The summed E-state index contributed by atoms with van der Waals surface area (Å²) >= 11 is 6.08. The number of carbonyl (C=O) groups excluding carboxylic acids is 1. The molecule has 0 aliphatic carbocycles. The fourth-order valence-electron chi connectivity index (χ4n) is 2.69. The van der Waals surface area contributed by atoms with Crippen LogP contribution < -0.4 is 4.90 Å². The predicted molar refractivity (Wildman–Crippen MR) is 90.0 cm³/mol. The third kappa shape index (κ3) is 4.60. The van der Waals surface area contributed by atoms with Crippen LogP contribution >= 0.6 is 11.6 Å². The van der Waals surface area contributed by atoms with E-state index in [1.54, 1.807) is 0 Å². The van der Waals surface area contributed by atoms with Gasteiger partial charge in [-0.3, -0.25) is 4.79 Å². The van der Waals surface area contributed by atoms with E-state index < -0.39 is 0 Å². The van der Waals surface area contributed by atoms with Crippen molar-refractivity contribution < 1.29 is 4.79 Å². The SMILES string of the molecule is CC(C)/C=C/CCC(=O)N1CCCCc2cc(Cl)ccc21. The quantitative estimate of drug-likeness (QED) is 0.717. The van der Waals surface area contributed by atoms with Crippen LogP contribution in [0.3, 0.4) is 0 Å². The van der Waals surface area contributed by atoms with Crippen molar-refractivity contribution >= 4 is 23.2 Å². The number of hydrogen-bond acceptors (Lipinski definition) is 1. The van der Waals surface area contributed by atoms with Crippen molar-refractivity contribution in [3.63, 3.8) is 0 Å². The summed E-state index contributed by atoms with van der Waals surface area (Å²) in [4.78, 5) is 14.4. The van der Waals surface area contributed by atoms with Crippen LogP contribution in [0.1, 0.15) is 45.1 Å². The third-order valence-corrected chi connectivity index (χ3v) is 3.99. The van der Waals surface area contributed by atoms with Gasteiger partial charge in [-0.05, 0) is 55.4 Å². The minimum atomic E-state index is 0.217. The molecular formula is C18H24ClNO. The summed E-state index contributed by atoms with van der Waals surface area (Å²) in [5.41, 5.74) is 2.25. The van der Waals surface area contributed by atoms with Gasteiger partial charge in [0.25, 0.3) is 0 Å². The lowest BCUT2D eigenvalue weighted by atomic mass is 10.1. The van der Waals surface area contributed by atoms with E-state index >= 15 is 0 Å². The molecule has 0 aromatic heterocycles. The molecule has 0 saturated carbocycles. The Balaban J connectivity index is 2.07. The molecule has 1 aliphatic heterocycles. The summed E-state index contributed by atoms with van der Waals surface area (Å²) in [5.74, 6) is 0.759. The molecule has 2 rings (SSSR count). The largest absolute Gasteiger partial charge is 0.312 e. The van der Waals surface area contributed by atoms with Gasteiger partial charge in [-0.1, -0.05) is 37.6 Å². The minimum Gasteiger partial charge on any atom is -0.312 e. The number of fused-ring (bicyclic) bond motifs is 1. The third-order valence-electron chi connectivity index (χ3n) is 3.76. The highest BCUT2D eigenvalue weighted by Gasteiger charge is 2.20. The van der Waals surface area contributed by atoms with Crippen molar-refractivity contribution in [2.45, 2.75) is 46.0 Å². The van der Waals surface area contributed by atoms with Gasteiger partial charge in [0.05, 0.1) is 0 Å². The van der Waals surface area contributed by atoms with E-state index in [1.807, 2.05) is 23.1 Å². The number of rotatable bonds is 4. The van der Waals surface area contributed by atoms with E-state index in [0.717, 1.165) is 42.9 Å². The highest BCUT2D eigenvalue weighted by Crippen LogP contribution is 2.29. The molecule has 0 radical (unpaired) electrons. The highest BCUT2D eigenvalue weighted by molar-refractivity contribution is 6.30. The molecule has 0 saturated heterocycles. The molecule has 0 fully saturated rings. The summed E-state index contributed by atoms with van der Waals surface area (Å²) < 4.78 is 0. The van der Waals surface area contributed by atoms with Gasteiger partial charge < -0.3 is 4.90 Å². The molecule has 0 spiro atoms. The van der Waals surface area contributed by atoms with Crippen LogP contribution in [0.25, 0.3) is 0 Å². The smallest absolute Gasteiger partial charge is 0.227 e. The van der Waals surface area contributed by atoms with Crippen molar-refractivity contribution in [1.29, 1.82) is 0 Å². The molecular weight excluding hydrogens is 282 g/mol. The Hall–Kier alpha value is -1.28. The lowest BCUT2D eigenvalue weighted by Crippen LogP contribution is -2.31. The lowest BCUT2D eigenvalue weighted by Gasteiger charge is -2.23. The first-order valence-corrected chi connectivity index (χ1v) is 8.21. The topological polar surface area (TPSA) is 20.3 Å². The molecule has 2 nitrogen and oxygen atoms in total. The first-order chi connectivity index (χ1) is 10.1. The summed E-state index contributed by atoms with van der Waals surface area (Å²) in [5, 5.41) is 0.753. The second kappa shape index (κ2) is 7.65. The molecule has 114 valence electrons. The molecule has 1 heterocycles. The van der Waals surface area contributed by atoms with Gasteiger partial charge in [0.1, 0.15) is 0 Å². The maximum Gasteiger partial charge on any atom is 0.227 e. The number of nitrogens with zero attached hydrogens (tertiary/aromatic N) is 1. The molecule has 0 N–H and O–H groups in total. The number of carbonyl (C=O) groups is 1. The van der Waals surface area contributed by atoms with Gasteiger partial charge in [0.2, 0.25) is 5.91 Å². The Morgan fingerprint density at radius 1 is 1.38 bits per heavy atom. The van der Waals surface area contributed by atoms with Crippen molar-refractivity contribution in [2.24, 2.45) is 5.92 Å². The van der Waals surface area contributed by atoms with Crippen molar-refractivity contribution in [3.05, 3.63) is 40.9 Å². The normalized spacial score (nSPS) is 15.3. The number of benzene rings is 1. The summed E-state index contributed by atoms with van der Waals surface area (Å²) in [6.07, 6.45) is 8.84. The molecule has 0 unspecified atom stereocenters. The molecule has 1 aromatic rings. The Bertz CT molecular complexity index is 522. The molecule has 0 atom stereocenters. The van der Waals surface area contributed by atoms with E-state index in [-0.39, 0.29) is 5.91 Å². The van der Waals surface area contributed by atoms with Crippen molar-refractivity contribution in [1.82, 2.24) is 0 Å². The number of aryl methyl sites for hydroxylation is 1. The van der Waals surface area contributed by atoms with Gasteiger partial charge in [-0.2, -0.15) is 0 Å². The van der Waals surface area contributed by atoms with E-state index in [4.69, 9.17) is 11.6 Å². The second-order valence-electron chi connectivity index (χ2n) is 5.99. The zero-order chi connectivity index (χ0) is 15.2. The fraction of sp³-hybridized carbons (Fsp3) is 0.500. The van der Waals surface area contributed by atoms with E-state index in [2.05, 4.69) is 26.0 Å². The molecule has 1 amide bonds. The van der Waals surface area contributed by atoms with Crippen LogP contribution in [0.5, 0.6) is 0 Å². The number of hydrogen-bond donors (Lipinski definition) is 0. The molecule has 21 heavy (non-hydrogen) atoms. The van der Waals surface area contributed by atoms with Crippen LogP contribution in [-0.4, -0.2) is 12.5 Å². The van der Waals surface area contributed by atoms with Crippen LogP contribution in [0.4, 0.5) is 5.69 Å². The summed E-state index contributed by atoms with van der Waals surface area (Å²) in [7, 11) is 0. The minimum absolute atomic E-state index is 0.217. The van der Waals surface area contributed by atoms with Gasteiger partial charge in [0, 0.05) is 23.7 Å². The zero-order valence-electron chi connectivity index (χ0n) is 12.9. The Labute approximate surface area is 132 Å². The number of halogens is 1. The Morgan fingerprint density at radius 3 is 2.95 bits per heavy atom. The molecule has 3 heteroatoms. The van der Waals surface area contributed by atoms with Crippen molar-refractivity contribution in [2.75, 3.05) is 11.4 Å². The van der Waals surface area contributed by atoms with Gasteiger partial charge >= 0.3 is 0 Å². The maximum atomic E-state index is 12.5. The first kappa shape index (κ1) is 16.1. The van der Waals surface area contributed by atoms with Gasteiger partial charge in [0.15, 0.2) is 0 Å².